The van der Waals surface area contributed by atoms with Gasteiger partial charge in [0.25, 0.3) is 0 Å². The van der Waals surface area contributed by atoms with Crippen molar-refractivity contribution in [2.45, 2.75) is 68.8 Å². The highest BCUT2D eigenvalue weighted by Crippen LogP contribution is 2.33. The molecule has 200 valence electrons. The molecule has 2 aromatic heterocycles. The van der Waals surface area contributed by atoms with E-state index in [0.29, 0.717) is 22.5 Å². The zero-order valence-corrected chi connectivity index (χ0v) is 25.0. The van der Waals surface area contributed by atoms with Crippen LogP contribution in [-0.2, 0) is 22.5 Å². The summed E-state index contributed by atoms with van der Waals surface area (Å²) in [5.74, 6) is 1.59. The van der Waals surface area contributed by atoms with Gasteiger partial charge in [-0.05, 0) is 72.7 Å². The summed E-state index contributed by atoms with van der Waals surface area (Å²) >= 11 is 4.37. The minimum atomic E-state index is -0.160. The van der Waals surface area contributed by atoms with Crippen LogP contribution in [0.2, 0.25) is 0 Å². The highest BCUT2D eigenvalue weighted by Gasteiger charge is 2.18. The molecular formula is C27H33N7OS3. The Morgan fingerprint density at radius 3 is 2.34 bits per heavy atom. The van der Waals surface area contributed by atoms with E-state index in [4.69, 9.17) is 5.73 Å². The predicted molar refractivity (Wildman–Crippen MR) is 159 cm³/mol. The summed E-state index contributed by atoms with van der Waals surface area (Å²) in [6, 6.07) is 12.1. The second kappa shape index (κ2) is 11.9. The van der Waals surface area contributed by atoms with E-state index >= 15 is 0 Å². The van der Waals surface area contributed by atoms with Crippen molar-refractivity contribution in [1.29, 1.82) is 0 Å². The summed E-state index contributed by atoms with van der Waals surface area (Å²) in [5.41, 5.74) is 12.8. The lowest BCUT2D eigenvalue weighted by molar-refractivity contribution is -0.113. The Hall–Kier alpha value is -2.89. The normalized spacial score (nSPS) is 11.6. The number of nitrogens with one attached hydrogen (secondary N) is 1. The van der Waals surface area contributed by atoms with Crippen molar-refractivity contribution >= 4 is 51.6 Å². The van der Waals surface area contributed by atoms with Gasteiger partial charge in [0.05, 0.1) is 5.75 Å². The first kappa shape index (κ1) is 28.1. The van der Waals surface area contributed by atoms with E-state index < -0.39 is 0 Å². The molecule has 2 heterocycles. The summed E-state index contributed by atoms with van der Waals surface area (Å²) in [6.07, 6.45) is 0. The summed E-state index contributed by atoms with van der Waals surface area (Å²) in [4.78, 5) is 12.6. The summed E-state index contributed by atoms with van der Waals surface area (Å²) in [5, 5.41) is 21.1. The number of hydrogen-bond donors (Lipinski definition) is 2. The van der Waals surface area contributed by atoms with Crippen LogP contribution in [0.5, 0.6) is 0 Å². The number of amides is 1. The Kier molecular flexibility index (Phi) is 8.79. The number of nitrogens with two attached hydrogens (primary N) is 1. The van der Waals surface area contributed by atoms with E-state index in [1.807, 2.05) is 35.8 Å². The van der Waals surface area contributed by atoms with Crippen LogP contribution in [0.15, 0.2) is 45.9 Å². The lowest BCUT2D eigenvalue weighted by Gasteiger charge is -2.22. The molecule has 0 radical (unpaired) electrons. The molecule has 11 heteroatoms. The van der Waals surface area contributed by atoms with Gasteiger partial charge in [0.1, 0.15) is 0 Å². The van der Waals surface area contributed by atoms with E-state index in [1.54, 1.807) is 11.8 Å². The van der Waals surface area contributed by atoms with Crippen molar-refractivity contribution in [3.05, 3.63) is 58.7 Å². The zero-order chi connectivity index (χ0) is 27.4. The number of benzene rings is 2. The minimum absolute atomic E-state index is 0.122. The van der Waals surface area contributed by atoms with Crippen molar-refractivity contribution in [3.63, 3.8) is 0 Å². The monoisotopic (exact) mass is 567 g/mol. The van der Waals surface area contributed by atoms with Gasteiger partial charge in [0.15, 0.2) is 15.3 Å². The average Bonchev–Trinajstić information content (AvgIpc) is 3.48. The molecule has 8 nitrogen and oxygen atoms in total. The quantitative estimate of drug-likeness (QED) is 0.137. The van der Waals surface area contributed by atoms with Crippen molar-refractivity contribution in [2.75, 3.05) is 16.8 Å². The third-order valence-corrected chi connectivity index (χ3v) is 9.05. The fourth-order valence-electron chi connectivity index (χ4n) is 3.92. The maximum atomic E-state index is 12.6. The van der Waals surface area contributed by atoms with Crippen LogP contribution in [-0.4, -0.2) is 36.6 Å². The third kappa shape index (κ3) is 6.75. The van der Waals surface area contributed by atoms with Crippen LogP contribution in [0.4, 0.5) is 10.8 Å². The summed E-state index contributed by atoms with van der Waals surface area (Å²) < 4.78 is 2.81. The molecule has 4 aromatic rings. The summed E-state index contributed by atoms with van der Waals surface area (Å²) in [7, 11) is 0. The average molecular weight is 568 g/mol. The van der Waals surface area contributed by atoms with E-state index in [0.717, 1.165) is 21.5 Å². The van der Waals surface area contributed by atoms with Crippen LogP contribution in [0, 0.1) is 13.8 Å². The molecule has 0 aliphatic carbocycles. The highest BCUT2D eigenvalue weighted by atomic mass is 32.2. The first-order chi connectivity index (χ1) is 18.0. The van der Waals surface area contributed by atoms with Gasteiger partial charge in [-0.3, -0.25) is 10.1 Å². The van der Waals surface area contributed by atoms with Gasteiger partial charge in [-0.2, -0.15) is 0 Å². The number of carbonyl (C=O) groups is 1. The molecule has 0 saturated carbocycles. The molecule has 4 rings (SSSR count). The summed E-state index contributed by atoms with van der Waals surface area (Å²) in [6.45, 7) is 13.7. The number of nitrogens with zero attached hydrogens (tertiary/aromatic N) is 5. The number of rotatable bonds is 9. The van der Waals surface area contributed by atoms with Crippen molar-refractivity contribution in [1.82, 2.24) is 25.0 Å². The fourth-order valence-corrected chi connectivity index (χ4v) is 6.69. The van der Waals surface area contributed by atoms with Gasteiger partial charge in [0, 0.05) is 23.5 Å². The van der Waals surface area contributed by atoms with Gasteiger partial charge in [-0.15, -0.1) is 20.4 Å². The Morgan fingerprint density at radius 2 is 1.71 bits per heavy atom. The fraction of sp³-hybridized carbons (Fsp3) is 0.370. The molecule has 0 aliphatic heterocycles. The van der Waals surface area contributed by atoms with Crippen molar-refractivity contribution < 1.29 is 4.79 Å². The predicted octanol–water partition coefficient (Wildman–Crippen LogP) is 6.34. The van der Waals surface area contributed by atoms with E-state index in [-0.39, 0.29) is 17.1 Å². The maximum absolute atomic E-state index is 12.6. The van der Waals surface area contributed by atoms with E-state index in [9.17, 15) is 4.79 Å². The Balaban J connectivity index is 1.33. The second-order valence-electron chi connectivity index (χ2n) is 10.0. The smallest absolute Gasteiger partial charge is 0.236 e. The lowest BCUT2D eigenvalue weighted by Crippen LogP contribution is -2.14. The van der Waals surface area contributed by atoms with Gasteiger partial charge in [-0.25, -0.2) is 0 Å². The van der Waals surface area contributed by atoms with E-state index in [2.05, 4.69) is 72.5 Å². The molecule has 0 spiro atoms. The topological polar surface area (TPSA) is 112 Å². The van der Waals surface area contributed by atoms with Gasteiger partial charge in [0.2, 0.25) is 11.0 Å². The number of aryl methyl sites for hydroxylation is 2. The van der Waals surface area contributed by atoms with Crippen molar-refractivity contribution in [3.8, 4) is 11.4 Å². The van der Waals surface area contributed by atoms with Crippen LogP contribution < -0.4 is 11.1 Å². The van der Waals surface area contributed by atoms with Gasteiger partial charge >= 0.3 is 0 Å². The molecule has 2 aromatic carbocycles. The third-order valence-electron chi connectivity index (χ3n) is 6.09. The number of aromatic nitrogens is 5. The van der Waals surface area contributed by atoms with Gasteiger partial charge in [-0.1, -0.05) is 67.8 Å². The molecule has 38 heavy (non-hydrogen) atoms. The molecule has 0 bridgehead atoms. The Labute approximate surface area is 236 Å². The van der Waals surface area contributed by atoms with Crippen molar-refractivity contribution in [2.24, 2.45) is 0 Å². The number of carbonyl (C=O) groups excluding carboxylic acids is 1. The molecule has 0 fully saturated rings. The molecule has 0 saturated heterocycles. The Bertz CT molecular complexity index is 1400. The molecule has 0 unspecified atom stereocenters. The first-order valence-corrected chi connectivity index (χ1v) is 15.1. The first-order valence-electron chi connectivity index (χ1n) is 12.3. The number of hydrogen-bond acceptors (Lipinski definition) is 9. The maximum Gasteiger partial charge on any atom is 0.236 e. The minimum Gasteiger partial charge on any atom is -0.399 e. The largest absolute Gasteiger partial charge is 0.399 e. The van der Waals surface area contributed by atoms with Crippen LogP contribution in [0.1, 0.15) is 49.9 Å². The number of anilines is 2. The van der Waals surface area contributed by atoms with Crippen LogP contribution in [0.3, 0.4) is 0 Å². The molecule has 0 aliphatic rings. The molecule has 0 atom stereocenters. The molecule has 3 N–H and O–H groups in total. The lowest BCUT2D eigenvalue weighted by atomic mass is 9.84. The molecule has 1 amide bonds. The Morgan fingerprint density at radius 1 is 1.03 bits per heavy atom. The van der Waals surface area contributed by atoms with Crippen LogP contribution in [0.25, 0.3) is 11.4 Å². The second-order valence-corrected chi connectivity index (χ2v) is 13.2. The number of nitrogen functional groups attached to an aromatic ring is 1. The molecular weight excluding hydrogens is 535 g/mol. The standard InChI is InChI=1S/C27H33N7OS3/c1-7-34-23(18-8-10-20(28)11-9-18)30-32-25(34)36-15-22(35)29-24-31-33-26(38-24)37-14-21-16(2)12-19(13-17(21)3)27(4,5)6/h8-13H,7,14-15,28H2,1-6H3,(H,29,31,35). The highest BCUT2D eigenvalue weighted by molar-refractivity contribution is 8.00. The number of thioether (sulfide) groups is 2. The van der Waals surface area contributed by atoms with Gasteiger partial charge < -0.3 is 10.3 Å². The van der Waals surface area contributed by atoms with Crippen LogP contribution >= 0.6 is 34.9 Å². The SMILES string of the molecule is CCn1c(SCC(=O)Nc2nnc(SCc3c(C)cc(C(C)(C)C)cc3C)s2)nnc1-c1ccc(N)cc1. The van der Waals surface area contributed by atoms with E-state index in [1.165, 1.54) is 45.4 Å². The zero-order valence-electron chi connectivity index (χ0n) is 22.5.